The number of rotatable bonds is 8. The molecule has 0 bridgehead atoms. The minimum atomic E-state index is -0.936. The Bertz CT molecular complexity index is 777. The number of anilines is 1. The van der Waals surface area contributed by atoms with E-state index < -0.39 is 23.8 Å². The molecule has 27 heavy (non-hydrogen) atoms. The van der Waals surface area contributed by atoms with E-state index in [1.165, 1.54) is 0 Å². The molecule has 144 valence electrons. The van der Waals surface area contributed by atoms with E-state index in [4.69, 9.17) is 5.73 Å². The lowest BCUT2D eigenvalue weighted by Gasteiger charge is -2.27. The molecule has 8 nitrogen and oxygen atoms in total. The minimum Gasteiger partial charge on any atom is -0.385 e. The number of unbranched alkanes of at least 4 members (excludes halogenated alkanes) is 3. The molecule has 1 unspecified atom stereocenters. The number of nitrogens with two attached hydrogens (primary N) is 1. The third-order valence-corrected chi connectivity index (χ3v) is 4.90. The Hall–Kier alpha value is -2.74. The zero-order valence-electron chi connectivity index (χ0n) is 15.1. The van der Waals surface area contributed by atoms with Gasteiger partial charge in [0.1, 0.15) is 6.04 Å². The zero-order chi connectivity index (χ0) is 19.4. The van der Waals surface area contributed by atoms with Crippen LogP contribution >= 0.6 is 0 Å². The first-order valence-electron chi connectivity index (χ1n) is 9.32. The van der Waals surface area contributed by atoms with Gasteiger partial charge in [-0.2, -0.15) is 0 Å². The fourth-order valence-electron chi connectivity index (χ4n) is 3.44. The van der Waals surface area contributed by atoms with Gasteiger partial charge < -0.3 is 11.1 Å². The lowest BCUT2D eigenvalue weighted by Crippen LogP contribution is -2.54. The lowest BCUT2D eigenvalue weighted by molar-refractivity contribution is -0.136. The van der Waals surface area contributed by atoms with Crippen LogP contribution in [0.2, 0.25) is 0 Å². The molecule has 1 aromatic carbocycles. The third-order valence-electron chi connectivity index (χ3n) is 4.90. The van der Waals surface area contributed by atoms with E-state index in [1.54, 1.807) is 18.2 Å². The largest absolute Gasteiger partial charge is 0.385 e. The predicted octanol–water partition coefficient (Wildman–Crippen LogP) is 1.02. The van der Waals surface area contributed by atoms with Crippen molar-refractivity contribution in [3.63, 3.8) is 0 Å². The molecule has 0 spiro atoms. The number of piperidine rings is 1. The number of fused-ring (bicyclic) bond motifs is 1. The Morgan fingerprint density at radius 2 is 1.78 bits per heavy atom. The van der Waals surface area contributed by atoms with Gasteiger partial charge in [-0.3, -0.25) is 29.4 Å². The summed E-state index contributed by atoms with van der Waals surface area (Å²) in [5.41, 5.74) is 6.81. The second-order valence-corrected chi connectivity index (χ2v) is 6.84. The number of nitrogens with one attached hydrogen (secondary N) is 2. The summed E-state index contributed by atoms with van der Waals surface area (Å²) >= 11 is 0. The molecule has 0 saturated carbocycles. The van der Waals surface area contributed by atoms with Gasteiger partial charge in [-0.15, -0.1) is 0 Å². The Kier molecular flexibility index (Phi) is 5.85. The van der Waals surface area contributed by atoms with Gasteiger partial charge >= 0.3 is 0 Å². The second kappa shape index (κ2) is 8.30. The van der Waals surface area contributed by atoms with Gasteiger partial charge in [-0.05, 0) is 44.0 Å². The molecule has 0 aliphatic carbocycles. The topological polar surface area (TPSA) is 122 Å². The average molecular weight is 372 g/mol. The van der Waals surface area contributed by atoms with Crippen LogP contribution in [0.5, 0.6) is 0 Å². The van der Waals surface area contributed by atoms with Crippen LogP contribution in [0.25, 0.3) is 0 Å². The van der Waals surface area contributed by atoms with Crippen LogP contribution in [0.3, 0.4) is 0 Å². The van der Waals surface area contributed by atoms with E-state index >= 15 is 0 Å². The van der Waals surface area contributed by atoms with E-state index in [-0.39, 0.29) is 29.9 Å². The van der Waals surface area contributed by atoms with Crippen LogP contribution in [0.1, 0.15) is 59.2 Å². The summed E-state index contributed by atoms with van der Waals surface area (Å²) in [5, 5.41) is 5.45. The second-order valence-electron chi connectivity index (χ2n) is 6.84. The summed E-state index contributed by atoms with van der Waals surface area (Å²) in [5.74, 6) is -1.96. The van der Waals surface area contributed by atoms with E-state index in [2.05, 4.69) is 10.6 Å². The Balaban J connectivity index is 1.66. The van der Waals surface area contributed by atoms with Crippen molar-refractivity contribution in [2.45, 2.75) is 44.6 Å². The van der Waals surface area contributed by atoms with Gasteiger partial charge in [0, 0.05) is 18.7 Å². The summed E-state index contributed by atoms with van der Waals surface area (Å²) in [7, 11) is 0. The molecule has 1 atom stereocenters. The number of carbonyl (C=O) groups is 4. The van der Waals surface area contributed by atoms with E-state index in [9.17, 15) is 19.2 Å². The first kappa shape index (κ1) is 19.0. The minimum absolute atomic E-state index is 0.112. The van der Waals surface area contributed by atoms with E-state index in [0.717, 1.165) is 42.8 Å². The van der Waals surface area contributed by atoms with Crippen molar-refractivity contribution in [3.05, 3.63) is 29.3 Å². The molecule has 1 fully saturated rings. The van der Waals surface area contributed by atoms with E-state index in [0.29, 0.717) is 6.54 Å². The highest BCUT2D eigenvalue weighted by molar-refractivity contribution is 6.23. The van der Waals surface area contributed by atoms with Gasteiger partial charge in [-0.25, -0.2) is 0 Å². The first-order chi connectivity index (χ1) is 13.0. The summed E-state index contributed by atoms with van der Waals surface area (Å²) in [6, 6.07) is 4.09. The van der Waals surface area contributed by atoms with Crippen LogP contribution in [0.15, 0.2) is 18.2 Å². The highest BCUT2D eigenvalue weighted by atomic mass is 16.2. The maximum absolute atomic E-state index is 12.7. The number of hydrogen-bond acceptors (Lipinski definition) is 6. The lowest BCUT2D eigenvalue weighted by atomic mass is 10.0. The average Bonchev–Trinajstić information content (AvgIpc) is 2.89. The molecule has 2 heterocycles. The van der Waals surface area contributed by atoms with Gasteiger partial charge in [0.2, 0.25) is 11.8 Å². The van der Waals surface area contributed by atoms with Crippen molar-refractivity contribution in [1.29, 1.82) is 0 Å². The number of carbonyl (C=O) groups excluding carboxylic acids is 4. The van der Waals surface area contributed by atoms with Crippen molar-refractivity contribution in [2.75, 3.05) is 18.4 Å². The molecule has 0 radical (unpaired) electrons. The van der Waals surface area contributed by atoms with Crippen LogP contribution in [0, 0.1) is 0 Å². The Labute approximate surface area is 157 Å². The molecule has 4 amide bonds. The van der Waals surface area contributed by atoms with Crippen molar-refractivity contribution in [1.82, 2.24) is 10.2 Å². The quantitative estimate of drug-likeness (QED) is 0.463. The number of benzene rings is 1. The van der Waals surface area contributed by atoms with Gasteiger partial charge in [0.15, 0.2) is 0 Å². The smallest absolute Gasteiger partial charge is 0.262 e. The Morgan fingerprint density at radius 1 is 1.04 bits per heavy atom. The number of nitrogens with zero attached hydrogens (tertiary/aromatic N) is 1. The molecule has 2 aliphatic heterocycles. The van der Waals surface area contributed by atoms with Crippen LogP contribution in [0.4, 0.5) is 5.69 Å². The fourth-order valence-corrected chi connectivity index (χ4v) is 3.44. The highest BCUT2D eigenvalue weighted by Gasteiger charge is 2.44. The SMILES string of the molecule is NCCCCCCNc1ccc2c(c1)C(=O)N(C1CCC(=O)NC1=O)C2=O. The Morgan fingerprint density at radius 3 is 2.52 bits per heavy atom. The fraction of sp³-hybridized carbons (Fsp3) is 0.474. The van der Waals surface area contributed by atoms with Crippen LogP contribution < -0.4 is 16.4 Å². The number of imide groups is 2. The molecule has 3 rings (SSSR count). The monoisotopic (exact) mass is 372 g/mol. The first-order valence-corrected chi connectivity index (χ1v) is 9.32. The van der Waals surface area contributed by atoms with Gasteiger partial charge in [0.05, 0.1) is 11.1 Å². The summed E-state index contributed by atoms with van der Waals surface area (Å²) in [6.07, 6.45) is 4.45. The number of hydrogen-bond donors (Lipinski definition) is 3. The van der Waals surface area contributed by atoms with E-state index in [1.807, 2.05) is 0 Å². The molecule has 2 aliphatic rings. The maximum Gasteiger partial charge on any atom is 0.262 e. The van der Waals surface area contributed by atoms with Gasteiger partial charge in [-0.1, -0.05) is 12.8 Å². The summed E-state index contributed by atoms with van der Waals surface area (Å²) in [4.78, 5) is 49.7. The van der Waals surface area contributed by atoms with Crippen molar-refractivity contribution in [3.8, 4) is 0 Å². The molecular weight excluding hydrogens is 348 g/mol. The molecule has 0 aromatic heterocycles. The van der Waals surface area contributed by atoms with Gasteiger partial charge in [0.25, 0.3) is 11.8 Å². The summed E-state index contributed by atoms with van der Waals surface area (Å²) < 4.78 is 0. The predicted molar refractivity (Wildman–Crippen MR) is 99.1 cm³/mol. The third kappa shape index (κ3) is 4.00. The normalized spacial score (nSPS) is 19.3. The zero-order valence-corrected chi connectivity index (χ0v) is 15.1. The molecule has 1 saturated heterocycles. The highest BCUT2D eigenvalue weighted by Crippen LogP contribution is 2.29. The number of amides is 4. The van der Waals surface area contributed by atoms with Crippen LogP contribution in [-0.2, 0) is 9.59 Å². The summed E-state index contributed by atoms with van der Waals surface area (Å²) in [6.45, 7) is 1.47. The van der Waals surface area contributed by atoms with Crippen molar-refractivity contribution < 1.29 is 19.2 Å². The maximum atomic E-state index is 12.7. The van der Waals surface area contributed by atoms with Crippen molar-refractivity contribution in [2.24, 2.45) is 5.73 Å². The standard InChI is InChI=1S/C19H24N4O4/c20-9-3-1-2-4-10-21-12-5-6-13-14(11-12)19(27)23(18(13)26)15-7-8-16(24)22-17(15)25/h5-6,11,15,21H,1-4,7-10,20H2,(H,22,24,25). The van der Waals surface area contributed by atoms with Crippen molar-refractivity contribution >= 4 is 29.3 Å². The van der Waals surface area contributed by atoms with Crippen LogP contribution in [-0.4, -0.2) is 47.7 Å². The molecule has 4 N–H and O–H groups in total. The molecule has 1 aromatic rings. The molecule has 8 heteroatoms. The molecular formula is C19H24N4O4.